The van der Waals surface area contributed by atoms with Crippen LogP contribution in [0.4, 0.5) is 5.69 Å². The van der Waals surface area contributed by atoms with Gasteiger partial charge in [0, 0.05) is 22.8 Å². The van der Waals surface area contributed by atoms with Crippen LogP contribution in [0.15, 0.2) is 53.0 Å². The van der Waals surface area contributed by atoms with Gasteiger partial charge in [-0.15, -0.1) is 0 Å². The number of halogens is 1. The van der Waals surface area contributed by atoms with Crippen LogP contribution in [0.2, 0.25) is 0 Å². The SMILES string of the molecule is Cc1ccc(N(C)CC(=O)c2ccccc2Br)cc1. The van der Waals surface area contributed by atoms with Crippen molar-refractivity contribution >= 4 is 27.4 Å². The molecule has 0 aliphatic heterocycles. The molecule has 0 spiro atoms. The molecule has 0 fully saturated rings. The van der Waals surface area contributed by atoms with E-state index < -0.39 is 0 Å². The number of Topliss-reactive ketones (excluding diaryl/α,β-unsaturated/α-hetero) is 1. The molecule has 0 saturated carbocycles. The van der Waals surface area contributed by atoms with E-state index >= 15 is 0 Å². The van der Waals surface area contributed by atoms with E-state index in [1.54, 1.807) is 0 Å². The fourth-order valence-corrected chi connectivity index (χ4v) is 2.38. The van der Waals surface area contributed by atoms with Crippen molar-refractivity contribution in [3.05, 3.63) is 64.1 Å². The van der Waals surface area contributed by atoms with Gasteiger partial charge in [0.25, 0.3) is 0 Å². The number of hydrogen-bond acceptors (Lipinski definition) is 2. The van der Waals surface area contributed by atoms with Gasteiger partial charge < -0.3 is 4.90 Å². The topological polar surface area (TPSA) is 20.3 Å². The maximum Gasteiger partial charge on any atom is 0.183 e. The van der Waals surface area contributed by atoms with Crippen molar-refractivity contribution in [3.8, 4) is 0 Å². The summed E-state index contributed by atoms with van der Waals surface area (Å²) < 4.78 is 0.845. The van der Waals surface area contributed by atoms with Crippen LogP contribution in [0, 0.1) is 6.92 Å². The first-order valence-corrected chi connectivity index (χ1v) is 6.93. The van der Waals surface area contributed by atoms with E-state index in [-0.39, 0.29) is 5.78 Å². The summed E-state index contributed by atoms with van der Waals surface area (Å²) in [6.07, 6.45) is 0. The third kappa shape index (κ3) is 3.44. The largest absolute Gasteiger partial charge is 0.367 e. The Morgan fingerprint density at radius 2 is 1.74 bits per heavy atom. The van der Waals surface area contributed by atoms with Gasteiger partial charge in [-0.2, -0.15) is 0 Å². The number of carbonyl (C=O) groups excluding carboxylic acids is 1. The summed E-state index contributed by atoms with van der Waals surface area (Å²) in [6.45, 7) is 2.42. The van der Waals surface area contributed by atoms with Crippen LogP contribution in [-0.4, -0.2) is 19.4 Å². The minimum atomic E-state index is 0.107. The third-order valence-electron chi connectivity index (χ3n) is 3.03. The molecule has 2 aromatic carbocycles. The van der Waals surface area contributed by atoms with Crippen molar-refractivity contribution in [2.24, 2.45) is 0 Å². The lowest BCUT2D eigenvalue weighted by Gasteiger charge is -2.19. The molecule has 98 valence electrons. The molecule has 0 radical (unpaired) electrons. The molecule has 0 heterocycles. The molecule has 19 heavy (non-hydrogen) atoms. The normalized spacial score (nSPS) is 10.3. The first kappa shape index (κ1) is 13.8. The fraction of sp³-hybridized carbons (Fsp3) is 0.188. The van der Waals surface area contributed by atoms with Crippen LogP contribution in [0.25, 0.3) is 0 Å². The second-order valence-electron chi connectivity index (χ2n) is 4.59. The fourth-order valence-electron chi connectivity index (χ4n) is 1.88. The Labute approximate surface area is 122 Å². The molecule has 0 aromatic heterocycles. The molecule has 2 aromatic rings. The van der Waals surface area contributed by atoms with Gasteiger partial charge in [-0.05, 0) is 25.1 Å². The first-order valence-electron chi connectivity index (χ1n) is 6.13. The second-order valence-corrected chi connectivity index (χ2v) is 5.45. The quantitative estimate of drug-likeness (QED) is 0.792. The molecule has 0 N–H and O–H groups in total. The number of hydrogen-bond donors (Lipinski definition) is 0. The lowest BCUT2D eigenvalue weighted by atomic mass is 10.1. The number of rotatable bonds is 4. The van der Waals surface area contributed by atoms with Gasteiger partial charge in [0.2, 0.25) is 0 Å². The lowest BCUT2D eigenvalue weighted by molar-refractivity contribution is 0.0999. The summed E-state index contributed by atoms with van der Waals surface area (Å²) in [5.41, 5.74) is 2.99. The van der Waals surface area contributed by atoms with Gasteiger partial charge in [-0.3, -0.25) is 4.79 Å². The Morgan fingerprint density at radius 3 is 2.37 bits per heavy atom. The van der Waals surface area contributed by atoms with Gasteiger partial charge in [-0.1, -0.05) is 51.8 Å². The van der Waals surface area contributed by atoms with Gasteiger partial charge in [0.1, 0.15) is 0 Å². The molecule has 0 bridgehead atoms. The van der Waals surface area contributed by atoms with E-state index in [1.807, 2.05) is 48.3 Å². The molecule has 0 amide bonds. The van der Waals surface area contributed by atoms with Crippen LogP contribution < -0.4 is 4.90 Å². The highest BCUT2D eigenvalue weighted by Gasteiger charge is 2.12. The Balaban J connectivity index is 2.11. The minimum absolute atomic E-state index is 0.107. The van der Waals surface area contributed by atoms with Crippen molar-refractivity contribution < 1.29 is 4.79 Å². The maximum atomic E-state index is 12.2. The van der Waals surface area contributed by atoms with Gasteiger partial charge in [-0.25, -0.2) is 0 Å². The summed E-state index contributed by atoms with van der Waals surface area (Å²) in [5.74, 6) is 0.107. The highest BCUT2D eigenvalue weighted by molar-refractivity contribution is 9.10. The van der Waals surface area contributed by atoms with Crippen molar-refractivity contribution in [2.45, 2.75) is 6.92 Å². The van der Waals surface area contributed by atoms with Crippen molar-refractivity contribution in [1.29, 1.82) is 0 Å². The summed E-state index contributed by atoms with van der Waals surface area (Å²) in [6, 6.07) is 15.7. The average Bonchev–Trinajstić information content (AvgIpc) is 2.39. The highest BCUT2D eigenvalue weighted by atomic mass is 79.9. The number of likely N-dealkylation sites (N-methyl/N-ethyl adjacent to an activating group) is 1. The Hall–Kier alpha value is -1.61. The van der Waals surface area contributed by atoms with E-state index in [4.69, 9.17) is 0 Å². The predicted molar refractivity (Wildman–Crippen MR) is 82.9 cm³/mol. The number of aryl methyl sites for hydroxylation is 1. The van der Waals surface area contributed by atoms with Gasteiger partial charge in [0.15, 0.2) is 5.78 Å². The Morgan fingerprint density at radius 1 is 1.11 bits per heavy atom. The summed E-state index contributed by atoms with van der Waals surface area (Å²) >= 11 is 3.41. The van der Waals surface area contributed by atoms with E-state index in [0.29, 0.717) is 6.54 Å². The molecular weight excluding hydrogens is 302 g/mol. The first-order chi connectivity index (χ1) is 9.08. The van der Waals surface area contributed by atoms with Gasteiger partial charge in [0.05, 0.1) is 6.54 Å². The number of benzene rings is 2. The monoisotopic (exact) mass is 317 g/mol. The molecular formula is C16H16BrNO. The lowest BCUT2D eigenvalue weighted by Crippen LogP contribution is -2.25. The highest BCUT2D eigenvalue weighted by Crippen LogP contribution is 2.18. The standard InChI is InChI=1S/C16H16BrNO/c1-12-7-9-13(10-8-12)18(2)11-16(19)14-5-3-4-6-15(14)17/h3-10H,11H2,1-2H3. The van der Waals surface area contributed by atoms with Crippen LogP contribution in [0.5, 0.6) is 0 Å². The number of nitrogens with zero attached hydrogens (tertiary/aromatic N) is 1. The predicted octanol–water partition coefficient (Wildman–Crippen LogP) is 4.08. The average molecular weight is 318 g/mol. The summed E-state index contributed by atoms with van der Waals surface area (Å²) in [7, 11) is 1.93. The molecule has 3 heteroatoms. The van der Waals surface area contributed by atoms with Crippen LogP contribution in [0.3, 0.4) is 0 Å². The summed E-state index contributed by atoms with van der Waals surface area (Å²) in [4.78, 5) is 14.2. The zero-order valence-electron chi connectivity index (χ0n) is 11.1. The number of carbonyl (C=O) groups is 1. The summed E-state index contributed by atoms with van der Waals surface area (Å²) in [5, 5.41) is 0. The molecule has 2 rings (SSSR count). The van der Waals surface area contributed by atoms with E-state index in [0.717, 1.165) is 15.7 Å². The van der Waals surface area contributed by atoms with Crippen molar-refractivity contribution in [2.75, 3.05) is 18.5 Å². The van der Waals surface area contributed by atoms with Gasteiger partial charge >= 0.3 is 0 Å². The Bertz CT molecular complexity index is 578. The van der Waals surface area contributed by atoms with E-state index in [2.05, 4.69) is 35.0 Å². The molecule has 0 aliphatic carbocycles. The minimum Gasteiger partial charge on any atom is -0.367 e. The molecule has 0 atom stereocenters. The third-order valence-corrected chi connectivity index (χ3v) is 3.72. The van der Waals surface area contributed by atoms with Crippen molar-refractivity contribution in [3.63, 3.8) is 0 Å². The van der Waals surface area contributed by atoms with E-state index in [1.165, 1.54) is 5.56 Å². The Kier molecular flexibility index (Phi) is 4.38. The molecule has 2 nitrogen and oxygen atoms in total. The maximum absolute atomic E-state index is 12.2. The zero-order valence-corrected chi connectivity index (χ0v) is 12.6. The van der Waals surface area contributed by atoms with Crippen LogP contribution >= 0.6 is 15.9 Å². The number of ketones is 1. The van der Waals surface area contributed by atoms with E-state index in [9.17, 15) is 4.79 Å². The number of anilines is 1. The molecule has 0 unspecified atom stereocenters. The van der Waals surface area contributed by atoms with Crippen LogP contribution in [0.1, 0.15) is 15.9 Å². The second kappa shape index (κ2) is 6.02. The molecule has 0 saturated heterocycles. The van der Waals surface area contributed by atoms with Crippen molar-refractivity contribution in [1.82, 2.24) is 0 Å². The van der Waals surface area contributed by atoms with Crippen LogP contribution in [-0.2, 0) is 0 Å². The molecule has 0 aliphatic rings. The smallest absolute Gasteiger partial charge is 0.183 e. The zero-order chi connectivity index (χ0) is 13.8.